The summed E-state index contributed by atoms with van der Waals surface area (Å²) in [7, 11) is 0. The highest BCUT2D eigenvalue weighted by molar-refractivity contribution is 5.55. The van der Waals surface area contributed by atoms with Gasteiger partial charge >= 0.3 is 0 Å². The summed E-state index contributed by atoms with van der Waals surface area (Å²) in [4.78, 5) is 9.56. The number of aromatic nitrogens is 2. The molecule has 0 aliphatic heterocycles. The van der Waals surface area contributed by atoms with Crippen LogP contribution in [-0.4, -0.2) is 9.97 Å². The molecule has 1 aromatic carbocycles. The number of hydrogen-bond donors (Lipinski definition) is 0. The Morgan fingerprint density at radius 2 is 1.84 bits per heavy atom. The molecule has 0 saturated heterocycles. The van der Waals surface area contributed by atoms with E-state index in [1.807, 2.05) is 0 Å². The lowest BCUT2D eigenvalue weighted by molar-refractivity contribution is 0.401. The number of benzene rings is 1. The lowest BCUT2D eigenvalue weighted by Gasteiger charge is -2.24. The van der Waals surface area contributed by atoms with Crippen LogP contribution in [0.4, 0.5) is 0 Å². The van der Waals surface area contributed by atoms with E-state index >= 15 is 0 Å². The minimum Gasteiger partial charge on any atom is -0.236 e. The monoisotopic (exact) mass is 336 g/mol. The number of fused-ring (bicyclic) bond motifs is 1. The highest BCUT2D eigenvalue weighted by Gasteiger charge is 2.20. The van der Waals surface area contributed by atoms with Gasteiger partial charge in [0.25, 0.3) is 0 Å². The average molecular weight is 337 g/mol. The zero-order valence-corrected chi connectivity index (χ0v) is 15.9. The molecule has 0 N–H and O–H groups in total. The highest BCUT2D eigenvalue weighted by Crippen LogP contribution is 2.29. The van der Waals surface area contributed by atoms with E-state index in [1.54, 1.807) is 0 Å². The van der Waals surface area contributed by atoms with Crippen LogP contribution in [0.1, 0.15) is 75.6 Å². The number of nitrogens with zero attached hydrogens (tertiary/aromatic N) is 2. The normalized spacial score (nSPS) is 16.6. The first-order valence-corrected chi connectivity index (χ1v) is 10.2. The molecule has 3 rings (SSSR count). The van der Waals surface area contributed by atoms with Gasteiger partial charge in [0.1, 0.15) is 0 Å². The predicted molar refractivity (Wildman–Crippen MR) is 106 cm³/mol. The van der Waals surface area contributed by atoms with Gasteiger partial charge in [-0.2, -0.15) is 0 Å². The molecule has 0 bridgehead atoms. The summed E-state index contributed by atoms with van der Waals surface area (Å²) < 4.78 is 0. The zero-order valence-electron chi connectivity index (χ0n) is 15.9. The molecule has 0 radical (unpaired) electrons. The van der Waals surface area contributed by atoms with Crippen molar-refractivity contribution in [2.75, 3.05) is 0 Å². The van der Waals surface area contributed by atoms with Crippen molar-refractivity contribution < 1.29 is 0 Å². The van der Waals surface area contributed by atoms with Gasteiger partial charge < -0.3 is 0 Å². The Kier molecular flexibility index (Phi) is 6.61. The molecule has 2 heteroatoms. The molecule has 1 aromatic heterocycles. The minimum atomic E-state index is 0.840. The van der Waals surface area contributed by atoms with E-state index in [-0.39, 0.29) is 0 Å². The third-order valence-corrected chi connectivity index (χ3v) is 5.47. The Balaban J connectivity index is 1.63. The standard InChI is InChI=1S/C23H32N2/c1-3-5-6-7-9-19-12-15-22-21(16-19)17-24-23(25-22)20-13-10-18(8-4-2)11-14-20/h10-11,13-14,17,19H,3-9,12,15-16H2,1-2H3. The maximum absolute atomic E-state index is 4.89. The summed E-state index contributed by atoms with van der Waals surface area (Å²) in [6, 6.07) is 8.78. The van der Waals surface area contributed by atoms with Crippen molar-refractivity contribution in [2.45, 2.75) is 78.1 Å². The third kappa shape index (κ3) is 4.90. The van der Waals surface area contributed by atoms with Gasteiger partial charge in [-0.15, -0.1) is 0 Å². The van der Waals surface area contributed by atoms with Crippen molar-refractivity contribution in [3.8, 4) is 11.4 Å². The fourth-order valence-corrected chi connectivity index (χ4v) is 3.94. The Hall–Kier alpha value is -1.70. The second-order valence-electron chi connectivity index (χ2n) is 7.57. The summed E-state index contributed by atoms with van der Waals surface area (Å²) in [5, 5.41) is 0. The maximum atomic E-state index is 4.89. The van der Waals surface area contributed by atoms with Gasteiger partial charge in [-0.25, -0.2) is 9.97 Å². The first-order chi connectivity index (χ1) is 12.3. The Bertz CT molecular complexity index is 660. The SMILES string of the molecule is CCCCCCC1CCc2nc(-c3ccc(CCC)cc3)ncc2C1. The average Bonchev–Trinajstić information content (AvgIpc) is 2.66. The molecule has 1 heterocycles. The number of unbranched alkanes of at least 4 members (excludes halogenated alkanes) is 3. The van der Waals surface area contributed by atoms with Gasteiger partial charge in [-0.3, -0.25) is 0 Å². The molecule has 0 amide bonds. The van der Waals surface area contributed by atoms with Gasteiger partial charge in [0.15, 0.2) is 5.82 Å². The smallest absolute Gasteiger partial charge is 0.159 e. The predicted octanol–water partition coefficient (Wildman–Crippen LogP) is 6.17. The van der Waals surface area contributed by atoms with Crippen LogP contribution in [0.5, 0.6) is 0 Å². The van der Waals surface area contributed by atoms with Gasteiger partial charge in [-0.05, 0) is 42.7 Å². The Morgan fingerprint density at radius 1 is 1.00 bits per heavy atom. The summed E-state index contributed by atoms with van der Waals surface area (Å²) >= 11 is 0. The van der Waals surface area contributed by atoms with E-state index < -0.39 is 0 Å². The molecule has 1 atom stereocenters. The molecule has 0 spiro atoms. The number of aryl methyl sites for hydroxylation is 2. The molecule has 134 valence electrons. The van der Waals surface area contributed by atoms with Crippen molar-refractivity contribution in [2.24, 2.45) is 5.92 Å². The van der Waals surface area contributed by atoms with Crippen molar-refractivity contribution in [1.82, 2.24) is 9.97 Å². The first-order valence-electron chi connectivity index (χ1n) is 10.2. The van der Waals surface area contributed by atoms with Gasteiger partial charge in [0.05, 0.1) is 0 Å². The van der Waals surface area contributed by atoms with Crippen LogP contribution in [0.15, 0.2) is 30.5 Å². The summed E-state index contributed by atoms with van der Waals surface area (Å²) in [6.45, 7) is 4.50. The van der Waals surface area contributed by atoms with Crippen LogP contribution in [0.25, 0.3) is 11.4 Å². The molecule has 2 nitrogen and oxygen atoms in total. The van der Waals surface area contributed by atoms with Gasteiger partial charge in [0, 0.05) is 17.5 Å². The minimum absolute atomic E-state index is 0.840. The molecule has 0 saturated carbocycles. The topological polar surface area (TPSA) is 25.8 Å². The van der Waals surface area contributed by atoms with E-state index in [9.17, 15) is 0 Å². The molecular formula is C23H32N2. The Labute approximate surface area is 153 Å². The largest absolute Gasteiger partial charge is 0.236 e. The van der Waals surface area contributed by atoms with Gasteiger partial charge in [-0.1, -0.05) is 76.6 Å². The second-order valence-corrected chi connectivity index (χ2v) is 7.57. The van der Waals surface area contributed by atoms with Crippen LogP contribution in [0, 0.1) is 5.92 Å². The van der Waals surface area contributed by atoms with E-state index in [0.29, 0.717) is 0 Å². The van der Waals surface area contributed by atoms with Crippen LogP contribution in [0.3, 0.4) is 0 Å². The summed E-state index contributed by atoms with van der Waals surface area (Å²) in [6.07, 6.45) is 14.9. The quantitative estimate of drug-likeness (QED) is 0.539. The van der Waals surface area contributed by atoms with Gasteiger partial charge in [0.2, 0.25) is 0 Å². The lowest BCUT2D eigenvalue weighted by atomic mass is 9.84. The van der Waals surface area contributed by atoms with Crippen LogP contribution in [0.2, 0.25) is 0 Å². The van der Waals surface area contributed by atoms with Crippen LogP contribution in [-0.2, 0) is 19.3 Å². The Morgan fingerprint density at radius 3 is 2.60 bits per heavy atom. The van der Waals surface area contributed by atoms with E-state index in [4.69, 9.17) is 4.98 Å². The van der Waals surface area contributed by atoms with Crippen LogP contribution >= 0.6 is 0 Å². The van der Waals surface area contributed by atoms with Crippen molar-refractivity contribution >= 4 is 0 Å². The van der Waals surface area contributed by atoms with Crippen molar-refractivity contribution in [3.63, 3.8) is 0 Å². The molecule has 0 fully saturated rings. The first kappa shape index (κ1) is 18.1. The zero-order chi connectivity index (χ0) is 17.5. The number of hydrogen-bond acceptors (Lipinski definition) is 2. The molecule has 1 unspecified atom stereocenters. The fourth-order valence-electron chi connectivity index (χ4n) is 3.94. The second kappa shape index (κ2) is 9.12. The third-order valence-electron chi connectivity index (χ3n) is 5.47. The molecule has 25 heavy (non-hydrogen) atoms. The molecule has 1 aliphatic rings. The van der Waals surface area contributed by atoms with Crippen molar-refractivity contribution in [3.05, 3.63) is 47.3 Å². The summed E-state index contributed by atoms with van der Waals surface area (Å²) in [5.74, 6) is 1.73. The fraction of sp³-hybridized carbons (Fsp3) is 0.565. The maximum Gasteiger partial charge on any atom is 0.159 e. The van der Waals surface area contributed by atoms with E-state index in [2.05, 4.69) is 49.3 Å². The van der Waals surface area contributed by atoms with Crippen molar-refractivity contribution in [1.29, 1.82) is 0 Å². The molecular weight excluding hydrogens is 304 g/mol. The van der Waals surface area contributed by atoms with Crippen LogP contribution < -0.4 is 0 Å². The number of rotatable bonds is 8. The molecule has 2 aromatic rings. The van der Waals surface area contributed by atoms with E-state index in [1.165, 1.54) is 68.2 Å². The summed E-state index contributed by atoms with van der Waals surface area (Å²) in [5.41, 5.74) is 5.21. The lowest BCUT2D eigenvalue weighted by Crippen LogP contribution is -2.16. The van der Waals surface area contributed by atoms with E-state index in [0.717, 1.165) is 30.1 Å². The highest BCUT2D eigenvalue weighted by atomic mass is 14.9. The molecule has 1 aliphatic carbocycles.